The van der Waals surface area contributed by atoms with E-state index in [2.05, 4.69) is 21.5 Å². The standard InChI is InChI=1S/C17H19N6O4P/c1-3-23-15(8-11(2)21-23)16(24)20-17-19-13-9-12(10-18)4-5-14(13)22(17)6-7-27-28(25)26/h4-5,8-9,25-26H,3,6-7H2,1-2H3,(H,19,20,24). The van der Waals surface area contributed by atoms with E-state index >= 15 is 0 Å². The van der Waals surface area contributed by atoms with Gasteiger partial charge in [0.15, 0.2) is 0 Å². The first-order valence-corrected chi connectivity index (χ1v) is 9.66. The molecular weight excluding hydrogens is 383 g/mol. The molecule has 3 aromatic rings. The summed E-state index contributed by atoms with van der Waals surface area (Å²) in [6.07, 6.45) is 0. The van der Waals surface area contributed by atoms with Crippen LogP contribution in [0.25, 0.3) is 11.0 Å². The Kier molecular flexibility index (Phi) is 6.02. The van der Waals surface area contributed by atoms with Crippen LogP contribution in [0.1, 0.15) is 28.7 Å². The lowest BCUT2D eigenvalue weighted by molar-refractivity contribution is 0.101. The Morgan fingerprint density at radius 2 is 2.18 bits per heavy atom. The van der Waals surface area contributed by atoms with E-state index in [9.17, 15) is 4.79 Å². The first-order chi connectivity index (χ1) is 13.4. The number of carbonyl (C=O) groups excluding carboxylic acids is 1. The van der Waals surface area contributed by atoms with Gasteiger partial charge in [0, 0.05) is 6.54 Å². The lowest BCUT2D eigenvalue weighted by atomic mass is 10.2. The number of carbonyl (C=O) groups is 1. The lowest BCUT2D eigenvalue weighted by Gasteiger charge is -2.11. The van der Waals surface area contributed by atoms with E-state index in [-0.39, 0.29) is 25.0 Å². The average Bonchev–Trinajstić information content (AvgIpc) is 3.21. The fourth-order valence-corrected chi connectivity index (χ4v) is 3.11. The van der Waals surface area contributed by atoms with Crippen molar-refractivity contribution in [2.45, 2.75) is 26.9 Å². The summed E-state index contributed by atoms with van der Waals surface area (Å²) in [5, 5.41) is 16.1. The van der Waals surface area contributed by atoms with Crippen LogP contribution >= 0.6 is 8.60 Å². The molecular formula is C17H19N6O4P. The van der Waals surface area contributed by atoms with Crippen molar-refractivity contribution in [1.29, 1.82) is 5.26 Å². The van der Waals surface area contributed by atoms with Gasteiger partial charge in [-0.15, -0.1) is 0 Å². The van der Waals surface area contributed by atoms with Crippen LogP contribution in [0.5, 0.6) is 0 Å². The van der Waals surface area contributed by atoms with Crippen molar-refractivity contribution in [2.75, 3.05) is 11.9 Å². The van der Waals surface area contributed by atoms with Gasteiger partial charge < -0.3 is 18.9 Å². The second kappa shape index (κ2) is 8.46. The Morgan fingerprint density at radius 1 is 1.39 bits per heavy atom. The van der Waals surface area contributed by atoms with Gasteiger partial charge in [-0.05, 0) is 38.1 Å². The van der Waals surface area contributed by atoms with Gasteiger partial charge in [0.2, 0.25) is 5.95 Å². The summed E-state index contributed by atoms with van der Waals surface area (Å²) in [5.74, 6) is -0.104. The Hall–Kier alpha value is -2.83. The predicted octanol–water partition coefficient (Wildman–Crippen LogP) is 1.91. The van der Waals surface area contributed by atoms with Crippen LogP contribution in [0.2, 0.25) is 0 Å². The highest BCUT2D eigenvalue weighted by molar-refractivity contribution is 7.39. The largest absolute Gasteiger partial charge is 0.328 e. The van der Waals surface area contributed by atoms with Crippen LogP contribution in [-0.4, -0.2) is 41.6 Å². The third-order valence-electron chi connectivity index (χ3n) is 4.06. The summed E-state index contributed by atoms with van der Waals surface area (Å²) in [4.78, 5) is 35.1. The fraction of sp³-hybridized carbons (Fsp3) is 0.294. The Morgan fingerprint density at radius 3 is 2.86 bits per heavy atom. The molecule has 2 heterocycles. The van der Waals surface area contributed by atoms with Crippen LogP contribution < -0.4 is 5.32 Å². The first kappa shape index (κ1) is 19.9. The van der Waals surface area contributed by atoms with Crippen molar-refractivity contribution in [2.24, 2.45) is 0 Å². The number of aromatic nitrogens is 4. The quantitative estimate of drug-likeness (QED) is 0.513. The molecule has 10 nitrogen and oxygen atoms in total. The molecule has 0 bridgehead atoms. The Labute approximate surface area is 162 Å². The minimum atomic E-state index is -2.48. The molecule has 0 atom stereocenters. The normalized spacial score (nSPS) is 11.1. The van der Waals surface area contributed by atoms with E-state index in [1.807, 2.05) is 6.92 Å². The molecule has 0 fully saturated rings. The maximum absolute atomic E-state index is 12.8. The first-order valence-electron chi connectivity index (χ1n) is 8.50. The molecule has 11 heteroatoms. The number of imidazole rings is 1. The average molecular weight is 402 g/mol. The van der Waals surface area contributed by atoms with Crippen molar-refractivity contribution < 1.29 is 19.1 Å². The molecule has 0 saturated carbocycles. The third kappa shape index (κ3) is 4.18. The summed E-state index contributed by atoms with van der Waals surface area (Å²) in [5.41, 5.74) is 2.79. The highest BCUT2D eigenvalue weighted by Gasteiger charge is 2.18. The van der Waals surface area contributed by atoms with Gasteiger partial charge in [0.05, 0.1) is 41.5 Å². The zero-order valence-electron chi connectivity index (χ0n) is 15.3. The van der Waals surface area contributed by atoms with Crippen molar-refractivity contribution in [1.82, 2.24) is 19.3 Å². The molecule has 0 saturated heterocycles. The number of nitrogens with one attached hydrogen (secondary N) is 1. The minimum absolute atomic E-state index is 0.0129. The number of fused-ring (bicyclic) bond motifs is 1. The van der Waals surface area contributed by atoms with Gasteiger partial charge in [0.25, 0.3) is 5.91 Å². The van der Waals surface area contributed by atoms with Crippen LogP contribution in [0.3, 0.4) is 0 Å². The smallest absolute Gasteiger partial charge is 0.327 e. The van der Waals surface area contributed by atoms with Gasteiger partial charge in [0.1, 0.15) is 5.69 Å². The molecule has 146 valence electrons. The molecule has 1 aromatic carbocycles. The number of hydrogen-bond donors (Lipinski definition) is 3. The summed E-state index contributed by atoms with van der Waals surface area (Å²) in [7, 11) is -2.48. The maximum atomic E-state index is 12.8. The number of hydrogen-bond acceptors (Lipinski definition) is 7. The number of amides is 1. The highest BCUT2D eigenvalue weighted by Crippen LogP contribution is 2.26. The van der Waals surface area contributed by atoms with Crippen LogP contribution in [0.15, 0.2) is 24.3 Å². The van der Waals surface area contributed by atoms with Gasteiger partial charge in [-0.2, -0.15) is 10.4 Å². The van der Waals surface area contributed by atoms with E-state index in [1.165, 1.54) is 0 Å². The zero-order valence-corrected chi connectivity index (χ0v) is 16.2. The topological polar surface area (TPSA) is 138 Å². The van der Waals surface area contributed by atoms with E-state index in [0.717, 1.165) is 5.69 Å². The molecule has 0 radical (unpaired) electrons. The van der Waals surface area contributed by atoms with Gasteiger partial charge in [-0.25, -0.2) is 4.98 Å². The van der Waals surface area contributed by atoms with E-state index in [0.29, 0.717) is 28.8 Å². The van der Waals surface area contributed by atoms with Crippen LogP contribution in [0.4, 0.5) is 5.95 Å². The highest BCUT2D eigenvalue weighted by atomic mass is 31.2. The summed E-state index contributed by atoms with van der Waals surface area (Å²) in [6.45, 7) is 4.48. The fourth-order valence-electron chi connectivity index (χ4n) is 2.87. The van der Waals surface area contributed by atoms with Crippen molar-refractivity contribution >= 4 is 31.5 Å². The van der Waals surface area contributed by atoms with E-state index in [4.69, 9.17) is 19.6 Å². The minimum Gasteiger partial charge on any atom is -0.328 e. The molecule has 0 aliphatic rings. The second-order valence-corrected chi connectivity index (χ2v) is 6.69. The molecule has 0 unspecified atom stereocenters. The van der Waals surface area contributed by atoms with Gasteiger partial charge in [-0.3, -0.25) is 14.8 Å². The van der Waals surface area contributed by atoms with Crippen LogP contribution in [-0.2, 0) is 17.6 Å². The molecule has 1 amide bonds. The van der Waals surface area contributed by atoms with Crippen molar-refractivity contribution in [3.05, 3.63) is 41.2 Å². The number of benzene rings is 1. The molecule has 2 aromatic heterocycles. The third-order valence-corrected chi connectivity index (χ3v) is 4.47. The molecule has 28 heavy (non-hydrogen) atoms. The van der Waals surface area contributed by atoms with Gasteiger partial charge in [-0.1, -0.05) is 0 Å². The monoisotopic (exact) mass is 402 g/mol. The lowest BCUT2D eigenvalue weighted by Crippen LogP contribution is -2.20. The zero-order chi connectivity index (χ0) is 20.3. The maximum Gasteiger partial charge on any atom is 0.327 e. The number of aryl methyl sites for hydroxylation is 2. The summed E-state index contributed by atoms with van der Waals surface area (Å²) >= 11 is 0. The van der Waals surface area contributed by atoms with Gasteiger partial charge >= 0.3 is 8.60 Å². The van der Waals surface area contributed by atoms with E-state index < -0.39 is 8.60 Å². The summed E-state index contributed by atoms with van der Waals surface area (Å²) < 4.78 is 8.13. The van der Waals surface area contributed by atoms with Crippen molar-refractivity contribution in [3.8, 4) is 6.07 Å². The molecule has 0 spiro atoms. The van der Waals surface area contributed by atoms with E-state index in [1.54, 1.807) is 40.4 Å². The second-order valence-electron chi connectivity index (χ2n) is 5.93. The number of anilines is 1. The SMILES string of the molecule is CCn1nc(C)cc1C(=O)Nc1nc2cc(C#N)ccc2n1CCOP(O)O. The Balaban J connectivity index is 1.95. The molecule has 0 aliphatic heterocycles. The van der Waals surface area contributed by atoms with Crippen molar-refractivity contribution in [3.63, 3.8) is 0 Å². The Bertz CT molecular complexity index is 1050. The molecule has 0 aliphatic carbocycles. The number of nitrogens with zero attached hydrogens (tertiary/aromatic N) is 5. The number of rotatable bonds is 7. The predicted molar refractivity (Wildman–Crippen MR) is 102 cm³/mol. The summed E-state index contributed by atoms with van der Waals surface area (Å²) in [6, 6.07) is 8.73. The van der Waals surface area contributed by atoms with Crippen LogP contribution in [0, 0.1) is 18.3 Å². The number of nitriles is 1. The molecule has 3 N–H and O–H groups in total. The molecule has 3 rings (SSSR count).